The molecule has 0 spiro atoms. The number of rotatable bonds is 3. The van der Waals surface area contributed by atoms with Crippen LogP contribution in [-0.2, 0) is 4.79 Å². The molecule has 1 amide bonds. The van der Waals surface area contributed by atoms with E-state index in [1.807, 2.05) is 12.3 Å². The molecule has 0 saturated carbocycles. The number of thiazole rings is 1. The molecule has 0 aliphatic heterocycles. The third kappa shape index (κ3) is 2.91. The zero-order chi connectivity index (χ0) is 8.97. The predicted molar refractivity (Wildman–Crippen MR) is 53.9 cm³/mol. The number of aryl methyl sites for hydroxylation is 1. The summed E-state index contributed by atoms with van der Waals surface area (Å²) in [5, 5.41) is 5.97. The van der Waals surface area contributed by atoms with Crippen molar-refractivity contribution in [1.82, 2.24) is 4.98 Å². The lowest BCUT2D eigenvalue weighted by atomic mass is 10.5. The Labute approximate surface area is 83.3 Å². The van der Waals surface area contributed by atoms with Gasteiger partial charge in [0.05, 0.1) is 5.69 Å². The van der Waals surface area contributed by atoms with Crippen LogP contribution in [0.3, 0.4) is 0 Å². The van der Waals surface area contributed by atoms with Crippen LogP contribution in [0, 0.1) is 6.92 Å². The minimum absolute atomic E-state index is 0.00113. The van der Waals surface area contributed by atoms with Crippen molar-refractivity contribution in [1.29, 1.82) is 0 Å². The molecule has 0 aromatic carbocycles. The molecule has 0 atom stereocenters. The van der Waals surface area contributed by atoms with Crippen LogP contribution >= 0.6 is 27.3 Å². The average Bonchev–Trinajstić information content (AvgIpc) is 2.36. The third-order valence-corrected chi connectivity index (χ3v) is 2.46. The summed E-state index contributed by atoms with van der Waals surface area (Å²) in [6.07, 6.45) is 0.485. The lowest BCUT2D eigenvalue weighted by Crippen LogP contribution is -2.11. The van der Waals surface area contributed by atoms with E-state index < -0.39 is 0 Å². The van der Waals surface area contributed by atoms with Crippen molar-refractivity contribution in [3.05, 3.63) is 11.1 Å². The Kier molecular flexibility index (Phi) is 3.68. The summed E-state index contributed by atoms with van der Waals surface area (Å²) in [5.74, 6) is 0.00113. The first kappa shape index (κ1) is 9.67. The van der Waals surface area contributed by atoms with Gasteiger partial charge in [-0.15, -0.1) is 11.3 Å². The van der Waals surface area contributed by atoms with E-state index in [0.29, 0.717) is 16.9 Å². The molecule has 0 saturated heterocycles. The Morgan fingerprint density at radius 3 is 3.08 bits per heavy atom. The Bertz CT molecular complexity index is 274. The number of carbonyl (C=O) groups excluding carboxylic acids is 1. The van der Waals surface area contributed by atoms with E-state index in [4.69, 9.17) is 0 Å². The second kappa shape index (κ2) is 4.57. The van der Waals surface area contributed by atoms with E-state index in [0.717, 1.165) is 5.69 Å². The first-order chi connectivity index (χ1) is 5.72. The molecule has 0 radical (unpaired) electrons. The zero-order valence-electron chi connectivity index (χ0n) is 6.63. The number of hydrogen-bond acceptors (Lipinski definition) is 3. The van der Waals surface area contributed by atoms with Gasteiger partial charge in [-0.2, -0.15) is 0 Å². The number of halogens is 1. The molecule has 3 nitrogen and oxygen atoms in total. The predicted octanol–water partition coefficient (Wildman–Crippen LogP) is 2.18. The second-order valence-electron chi connectivity index (χ2n) is 2.28. The number of anilines is 1. The first-order valence-electron chi connectivity index (χ1n) is 3.50. The Morgan fingerprint density at radius 2 is 2.58 bits per heavy atom. The largest absolute Gasteiger partial charge is 0.302 e. The standard InChI is InChI=1S/C7H9BrN2OS/c1-5-4-12-7(9-5)10-6(11)2-3-8/h4H,2-3H2,1H3,(H,9,10,11). The van der Waals surface area contributed by atoms with Crippen molar-refractivity contribution in [3.63, 3.8) is 0 Å². The summed E-state index contributed by atoms with van der Waals surface area (Å²) in [6, 6.07) is 0. The number of nitrogens with zero attached hydrogens (tertiary/aromatic N) is 1. The van der Waals surface area contributed by atoms with Crippen LogP contribution < -0.4 is 5.32 Å². The topological polar surface area (TPSA) is 42.0 Å². The van der Waals surface area contributed by atoms with Crippen LogP contribution in [0.4, 0.5) is 5.13 Å². The van der Waals surface area contributed by atoms with Crippen LogP contribution in [-0.4, -0.2) is 16.2 Å². The Balaban J connectivity index is 2.46. The number of carbonyl (C=O) groups is 1. The molecule has 12 heavy (non-hydrogen) atoms. The van der Waals surface area contributed by atoms with Crippen molar-refractivity contribution < 1.29 is 4.79 Å². The summed E-state index contributed by atoms with van der Waals surface area (Å²) in [6.45, 7) is 1.90. The van der Waals surface area contributed by atoms with Crippen molar-refractivity contribution in [2.24, 2.45) is 0 Å². The number of aromatic nitrogens is 1. The molecule has 0 bridgehead atoms. The molecule has 5 heteroatoms. The van der Waals surface area contributed by atoms with E-state index in [2.05, 4.69) is 26.2 Å². The molecule has 1 N–H and O–H groups in total. The van der Waals surface area contributed by atoms with Crippen molar-refractivity contribution >= 4 is 38.3 Å². The summed E-state index contributed by atoms with van der Waals surface area (Å²) >= 11 is 4.64. The number of nitrogens with one attached hydrogen (secondary N) is 1. The number of alkyl halides is 1. The molecule has 0 unspecified atom stereocenters. The maximum atomic E-state index is 11.0. The van der Waals surface area contributed by atoms with Gasteiger partial charge in [0.1, 0.15) is 0 Å². The van der Waals surface area contributed by atoms with E-state index >= 15 is 0 Å². The maximum absolute atomic E-state index is 11.0. The van der Waals surface area contributed by atoms with Crippen molar-refractivity contribution in [2.75, 3.05) is 10.6 Å². The highest BCUT2D eigenvalue weighted by molar-refractivity contribution is 9.09. The van der Waals surface area contributed by atoms with Gasteiger partial charge in [0.25, 0.3) is 0 Å². The van der Waals surface area contributed by atoms with Crippen molar-refractivity contribution in [2.45, 2.75) is 13.3 Å². The lowest BCUT2D eigenvalue weighted by Gasteiger charge is -1.97. The normalized spacial score (nSPS) is 9.83. The SMILES string of the molecule is Cc1csc(NC(=O)CCBr)n1. The average molecular weight is 249 g/mol. The first-order valence-corrected chi connectivity index (χ1v) is 5.50. The Hall–Kier alpha value is -0.420. The molecular formula is C7H9BrN2OS. The van der Waals surface area contributed by atoms with Crippen LogP contribution in [0.5, 0.6) is 0 Å². The molecule has 0 aliphatic rings. The summed E-state index contributed by atoms with van der Waals surface area (Å²) in [5.41, 5.74) is 0.939. The minimum Gasteiger partial charge on any atom is -0.302 e. The van der Waals surface area contributed by atoms with Gasteiger partial charge >= 0.3 is 0 Å². The summed E-state index contributed by atoms with van der Waals surface area (Å²) in [4.78, 5) is 15.2. The lowest BCUT2D eigenvalue weighted by molar-refractivity contribution is -0.115. The van der Waals surface area contributed by atoms with Crippen molar-refractivity contribution in [3.8, 4) is 0 Å². The van der Waals surface area contributed by atoms with Gasteiger partial charge in [-0.05, 0) is 6.92 Å². The van der Waals surface area contributed by atoms with Gasteiger partial charge in [0.2, 0.25) is 5.91 Å². The highest BCUT2D eigenvalue weighted by atomic mass is 79.9. The molecular weight excluding hydrogens is 240 g/mol. The van der Waals surface area contributed by atoms with E-state index in [1.54, 1.807) is 0 Å². The van der Waals surface area contributed by atoms with Crippen LogP contribution in [0.1, 0.15) is 12.1 Å². The molecule has 1 rings (SSSR count). The smallest absolute Gasteiger partial charge is 0.226 e. The highest BCUT2D eigenvalue weighted by Crippen LogP contribution is 2.14. The second-order valence-corrected chi connectivity index (χ2v) is 3.93. The zero-order valence-corrected chi connectivity index (χ0v) is 9.04. The highest BCUT2D eigenvalue weighted by Gasteiger charge is 2.03. The molecule has 0 fully saturated rings. The molecule has 1 heterocycles. The number of hydrogen-bond donors (Lipinski definition) is 1. The van der Waals surface area contributed by atoms with Gasteiger partial charge in [-0.3, -0.25) is 4.79 Å². The third-order valence-electron chi connectivity index (χ3n) is 1.19. The van der Waals surface area contributed by atoms with Crippen LogP contribution in [0.25, 0.3) is 0 Å². The minimum atomic E-state index is 0.00113. The van der Waals surface area contributed by atoms with Crippen LogP contribution in [0.2, 0.25) is 0 Å². The Morgan fingerprint density at radius 1 is 1.83 bits per heavy atom. The molecule has 1 aromatic heterocycles. The monoisotopic (exact) mass is 248 g/mol. The molecule has 1 aromatic rings. The van der Waals surface area contributed by atoms with Gasteiger partial charge in [0, 0.05) is 17.1 Å². The maximum Gasteiger partial charge on any atom is 0.226 e. The summed E-state index contributed by atoms with van der Waals surface area (Å²) in [7, 11) is 0. The molecule has 66 valence electrons. The van der Waals surface area contributed by atoms with E-state index in [-0.39, 0.29) is 5.91 Å². The fourth-order valence-corrected chi connectivity index (χ4v) is 1.74. The van der Waals surface area contributed by atoms with Gasteiger partial charge < -0.3 is 5.32 Å². The van der Waals surface area contributed by atoms with Gasteiger partial charge in [0.15, 0.2) is 5.13 Å². The van der Waals surface area contributed by atoms with E-state index in [9.17, 15) is 4.79 Å². The molecule has 0 aliphatic carbocycles. The summed E-state index contributed by atoms with van der Waals surface area (Å²) < 4.78 is 0. The fourth-order valence-electron chi connectivity index (χ4n) is 0.679. The quantitative estimate of drug-likeness (QED) is 0.834. The fraction of sp³-hybridized carbons (Fsp3) is 0.429. The van der Waals surface area contributed by atoms with E-state index in [1.165, 1.54) is 11.3 Å². The van der Waals surface area contributed by atoms with Gasteiger partial charge in [-0.25, -0.2) is 4.98 Å². The van der Waals surface area contributed by atoms with Gasteiger partial charge in [-0.1, -0.05) is 15.9 Å². The number of amides is 1. The van der Waals surface area contributed by atoms with Crippen LogP contribution in [0.15, 0.2) is 5.38 Å².